The number of carbonyl (C=O) groups excluding carboxylic acids is 1. The Morgan fingerprint density at radius 3 is 3.00 bits per heavy atom. The molecule has 1 unspecified atom stereocenters. The maximum atomic E-state index is 12.6. The molecule has 112 valence electrons. The molecule has 1 aromatic carbocycles. The third kappa shape index (κ3) is 2.06. The summed E-state index contributed by atoms with van der Waals surface area (Å²) in [7, 11) is 0. The number of aromatic nitrogens is 2. The molecule has 0 fully saturated rings. The molecule has 1 amide bonds. The Morgan fingerprint density at radius 2 is 2.17 bits per heavy atom. The first-order valence-electron chi connectivity index (χ1n) is 7.30. The summed E-state index contributed by atoms with van der Waals surface area (Å²) in [6, 6.07) is 11.1. The third-order valence-corrected chi connectivity index (χ3v) is 4.07. The fraction of sp³-hybridized carbons (Fsp3) is 0.176. The number of benzene rings is 1. The molecule has 2 aliphatic rings. The predicted molar refractivity (Wildman–Crippen MR) is 84.9 cm³/mol. The van der Waals surface area contributed by atoms with Crippen molar-refractivity contribution in [2.45, 2.75) is 13.1 Å². The van der Waals surface area contributed by atoms with E-state index in [1.54, 1.807) is 22.9 Å². The number of rotatable bonds is 1. The van der Waals surface area contributed by atoms with Crippen molar-refractivity contribution in [2.24, 2.45) is 10.9 Å². The zero-order valence-electron chi connectivity index (χ0n) is 12.4. The summed E-state index contributed by atoms with van der Waals surface area (Å²) in [6.45, 7) is 1.89. The standard InChI is InChI=1S/C17H13N5O/c1-10-6-15-19-9-12-7-14(13-5-3-2-4-11(13)8-18)17(23)20-16(12)22(15)21-10/h2-7,9,12,16H,1H3,(H,20,23)/t12-,16?/m0/s1. The molecule has 6 heteroatoms. The Labute approximate surface area is 132 Å². The van der Waals surface area contributed by atoms with Crippen LogP contribution >= 0.6 is 0 Å². The monoisotopic (exact) mass is 303 g/mol. The Balaban J connectivity index is 1.80. The number of aliphatic imine (C=N–C) groups is 1. The van der Waals surface area contributed by atoms with Gasteiger partial charge in [-0.1, -0.05) is 24.3 Å². The summed E-state index contributed by atoms with van der Waals surface area (Å²) in [4.78, 5) is 17.0. The van der Waals surface area contributed by atoms with Crippen molar-refractivity contribution < 1.29 is 4.79 Å². The second-order valence-corrected chi connectivity index (χ2v) is 5.60. The van der Waals surface area contributed by atoms with Crippen LogP contribution in [0.4, 0.5) is 5.82 Å². The summed E-state index contributed by atoms with van der Waals surface area (Å²) in [5, 5.41) is 16.6. The van der Waals surface area contributed by atoms with Crippen LogP contribution in [0.15, 0.2) is 41.4 Å². The number of nitrogens with zero attached hydrogens (tertiary/aromatic N) is 4. The normalized spacial score (nSPS) is 21.7. The molecule has 1 N–H and O–H groups in total. The van der Waals surface area contributed by atoms with Crippen LogP contribution in [0.2, 0.25) is 0 Å². The SMILES string of the molecule is Cc1cc2n(n1)C1NC(=O)C(c3ccccc3C#N)=C[C@H]1C=N2. The summed E-state index contributed by atoms with van der Waals surface area (Å²) in [5.74, 6) is 0.433. The molecule has 23 heavy (non-hydrogen) atoms. The van der Waals surface area contributed by atoms with Crippen molar-refractivity contribution in [3.8, 4) is 6.07 Å². The minimum absolute atomic E-state index is 0.0961. The van der Waals surface area contributed by atoms with Crippen LogP contribution < -0.4 is 5.32 Å². The highest BCUT2D eigenvalue weighted by atomic mass is 16.2. The van der Waals surface area contributed by atoms with Crippen LogP contribution in [0.1, 0.15) is 23.0 Å². The first-order chi connectivity index (χ1) is 11.2. The number of hydrogen-bond acceptors (Lipinski definition) is 4. The number of nitrogens with one attached hydrogen (secondary N) is 1. The molecule has 0 bridgehead atoms. The van der Waals surface area contributed by atoms with Crippen molar-refractivity contribution in [3.63, 3.8) is 0 Å². The number of nitriles is 1. The summed E-state index contributed by atoms with van der Waals surface area (Å²) < 4.78 is 1.74. The van der Waals surface area contributed by atoms with Gasteiger partial charge in [-0.2, -0.15) is 10.4 Å². The molecule has 2 aromatic rings. The quantitative estimate of drug-likeness (QED) is 0.875. The van der Waals surface area contributed by atoms with Gasteiger partial charge in [-0.05, 0) is 13.0 Å². The van der Waals surface area contributed by atoms with E-state index < -0.39 is 0 Å². The molecule has 0 saturated carbocycles. The number of hydrogen-bond donors (Lipinski definition) is 1. The molecule has 2 aliphatic heterocycles. The van der Waals surface area contributed by atoms with E-state index in [9.17, 15) is 10.1 Å². The molecular formula is C17H13N5O. The largest absolute Gasteiger partial charge is 0.329 e. The topological polar surface area (TPSA) is 83.1 Å². The van der Waals surface area contributed by atoms with Gasteiger partial charge in [0.25, 0.3) is 5.91 Å². The van der Waals surface area contributed by atoms with E-state index in [0.717, 1.165) is 11.5 Å². The van der Waals surface area contributed by atoms with Crippen molar-refractivity contribution >= 4 is 23.5 Å². The zero-order valence-corrected chi connectivity index (χ0v) is 12.4. The Hall–Kier alpha value is -3.20. The van der Waals surface area contributed by atoms with Gasteiger partial charge in [0.2, 0.25) is 0 Å². The van der Waals surface area contributed by atoms with Gasteiger partial charge in [-0.15, -0.1) is 0 Å². The van der Waals surface area contributed by atoms with Gasteiger partial charge in [0.15, 0.2) is 5.82 Å². The minimum Gasteiger partial charge on any atom is -0.329 e. The molecule has 6 nitrogen and oxygen atoms in total. The maximum absolute atomic E-state index is 12.6. The van der Waals surface area contributed by atoms with Crippen LogP contribution in [0, 0.1) is 24.2 Å². The number of aryl methyl sites for hydroxylation is 1. The predicted octanol–water partition coefficient (Wildman–Crippen LogP) is 2.11. The van der Waals surface area contributed by atoms with Crippen molar-refractivity contribution in [1.29, 1.82) is 5.26 Å². The molecule has 0 spiro atoms. The minimum atomic E-state index is -0.276. The zero-order chi connectivity index (χ0) is 16.0. The lowest BCUT2D eigenvalue weighted by Gasteiger charge is -2.32. The van der Waals surface area contributed by atoms with Crippen LogP contribution in [0.5, 0.6) is 0 Å². The lowest BCUT2D eigenvalue weighted by atomic mass is 9.91. The molecule has 4 rings (SSSR count). The van der Waals surface area contributed by atoms with E-state index in [4.69, 9.17) is 0 Å². The van der Waals surface area contributed by atoms with Crippen molar-refractivity contribution in [3.05, 3.63) is 53.2 Å². The smallest absolute Gasteiger partial charge is 0.253 e. The van der Waals surface area contributed by atoms with E-state index in [-0.39, 0.29) is 18.0 Å². The molecule has 2 atom stereocenters. The van der Waals surface area contributed by atoms with E-state index in [1.165, 1.54) is 0 Å². The van der Waals surface area contributed by atoms with Gasteiger partial charge in [0.1, 0.15) is 6.17 Å². The highest BCUT2D eigenvalue weighted by Gasteiger charge is 2.34. The summed E-state index contributed by atoms with van der Waals surface area (Å²) in [6.07, 6.45) is 3.40. The Kier molecular flexibility index (Phi) is 2.88. The fourth-order valence-corrected chi connectivity index (χ4v) is 3.01. The average molecular weight is 303 g/mol. The first-order valence-corrected chi connectivity index (χ1v) is 7.30. The van der Waals surface area contributed by atoms with Crippen molar-refractivity contribution in [2.75, 3.05) is 0 Å². The Morgan fingerprint density at radius 1 is 1.35 bits per heavy atom. The number of amides is 1. The van der Waals surface area contributed by atoms with Gasteiger partial charge in [-0.3, -0.25) is 4.79 Å². The van der Waals surface area contributed by atoms with Gasteiger partial charge in [0.05, 0.1) is 23.2 Å². The van der Waals surface area contributed by atoms with Gasteiger partial charge >= 0.3 is 0 Å². The van der Waals surface area contributed by atoms with Gasteiger partial charge < -0.3 is 5.32 Å². The highest BCUT2D eigenvalue weighted by molar-refractivity contribution is 6.21. The van der Waals surface area contributed by atoms with E-state index in [2.05, 4.69) is 21.5 Å². The molecule has 1 aromatic heterocycles. The van der Waals surface area contributed by atoms with Crippen LogP contribution in [-0.2, 0) is 4.79 Å². The van der Waals surface area contributed by atoms with Gasteiger partial charge in [-0.25, -0.2) is 9.67 Å². The molecule has 0 saturated heterocycles. The molecule has 0 aliphatic carbocycles. The molecule has 3 heterocycles. The second kappa shape index (κ2) is 4.92. The lowest BCUT2D eigenvalue weighted by molar-refractivity contribution is -0.117. The lowest BCUT2D eigenvalue weighted by Crippen LogP contribution is -2.43. The van der Waals surface area contributed by atoms with E-state index in [1.807, 2.05) is 31.3 Å². The Bertz CT molecular complexity index is 915. The van der Waals surface area contributed by atoms with Crippen LogP contribution in [0.3, 0.4) is 0 Å². The average Bonchev–Trinajstić information content (AvgIpc) is 2.95. The fourth-order valence-electron chi connectivity index (χ4n) is 3.01. The van der Waals surface area contributed by atoms with Crippen LogP contribution in [0.25, 0.3) is 5.57 Å². The molecular weight excluding hydrogens is 290 g/mol. The summed E-state index contributed by atoms with van der Waals surface area (Å²) in [5.41, 5.74) is 2.48. The third-order valence-electron chi connectivity index (χ3n) is 4.07. The number of carbonyl (C=O) groups is 1. The number of fused-ring (bicyclic) bond motifs is 3. The van der Waals surface area contributed by atoms with E-state index >= 15 is 0 Å². The second-order valence-electron chi connectivity index (χ2n) is 5.60. The summed E-state index contributed by atoms with van der Waals surface area (Å²) >= 11 is 0. The molecule has 0 radical (unpaired) electrons. The first kappa shape index (κ1) is 13.5. The van der Waals surface area contributed by atoms with Gasteiger partial charge in [0, 0.05) is 23.4 Å². The maximum Gasteiger partial charge on any atom is 0.253 e. The van der Waals surface area contributed by atoms with Crippen molar-refractivity contribution in [1.82, 2.24) is 15.1 Å². The van der Waals surface area contributed by atoms with Crippen LogP contribution in [-0.4, -0.2) is 21.9 Å². The highest BCUT2D eigenvalue weighted by Crippen LogP contribution is 2.34. The van der Waals surface area contributed by atoms with E-state index in [0.29, 0.717) is 16.7 Å².